The van der Waals surface area contributed by atoms with Crippen molar-refractivity contribution in [1.29, 1.82) is 0 Å². The number of hydrogen-bond acceptors (Lipinski definition) is 7. The van der Waals surface area contributed by atoms with Crippen LogP contribution in [0.3, 0.4) is 0 Å². The molecule has 9 heteroatoms. The Labute approximate surface area is 131 Å². The number of benzene rings is 1. The minimum Gasteiger partial charge on any atom is -0.396 e. The number of rotatable bonds is 7. The van der Waals surface area contributed by atoms with Gasteiger partial charge in [0.25, 0.3) is 0 Å². The minimum absolute atomic E-state index is 0.00184. The molecule has 0 atom stereocenters. The monoisotopic (exact) mass is 324 g/mol. The standard InChI is InChI=1S/C14H17FN4O4/c1-9-7-10(3-4-11(9)15)16-14(17-21)13-12(18-23-19-13)8-22-6-2-5-20/h3-4,7,20-21H,2,5-6,8H2,1H3,(H,16,17). The molecule has 2 aromatic rings. The minimum atomic E-state index is -0.344. The molecule has 3 N–H and O–H groups in total. The van der Waals surface area contributed by atoms with Crippen LogP contribution in [0.4, 0.5) is 10.1 Å². The molecule has 1 aromatic carbocycles. The third-order valence-electron chi connectivity index (χ3n) is 2.95. The zero-order chi connectivity index (χ0) is 16.7. The Morgan fingerprint density at radius 3 is 2.96 bits per heavy atom. The molecule has 0 spiro atoms. The van der Waals surface area contributed by atoms with Crippen LogP contribution in [-0.2, 0) is 11.3 Å². The molecular formula is C14H17FN4O4. The van der Waals surface area contributed by atoms with E-state index < -0.39 is 0 Å². The number of nitrogens with one attached hydrogen (secondary N) is 1. The molecule has 2 rings (SSSR count). The lowest BCUT2D eigenvalue weighted by Gasteiger charge is -2.05. The zero-order valence-corrected chi connectivity index (χ0v) is 12.5. The highest BCUT2D eigenvalue weighted by Crippen LogP contribution is 2.18. The molecular weight excluding hydrogens is 307 g/mol. The Kier molecular flexibility index (Phi) is 6.15. The highest BCUT2D eigenvalue weighted by molar-refractivity contribution is 5.98. The third-order valence-corrected chi connectivity index (χ3v) is 2.95. The Morgan fingerprint density at radius 1 is 1.43 bits per heavy atom. The van der Waals surface area contributed by atoms with Crippen LogP contribution >= 0.6 is 0 Å². The largest absolute Gasteiger partial charge is 0.396 e. The zero-order valence-electron chi connectivity index (χ0n) is 12.5. The molecule has 0 fully saturated rings. The topological polar surface area (TPSA) is 113 Å². The molecule has 0 aliphatic heterocycles. The fourth-order valence-corrected chi connectivity index (χ4v) is 1.77. The molecule has 0 saturated heterocycles. The first kappa shape index (κ1) is 17.0. The van der Waals surface area contributed by atoms with Gasteiger partial charge in [-0.05, 0) is 42.3 Å². The first-order valence-corrected chi connectivity index (χ1v) is 6.91. The van der Waals surface area contributed by atoms with Gasteiger partial charge in [-0.1, -0.05) is 5.16 Å². The van der Waals surface area contributed by atoms with Crippen molar-refractivity contribution in [3.8, 4) is 0 Å². The summed E-state index contributed by atoms with van der Waals surface area (Å²) in [6.45, 7) is 2.07. The molecule has 124 valence electrons. The number of aryl methyl sites for hydroxylation is 1. The van der Waals surface area contributed by atoms with E-state index >= 15 is 0 Å². The number of amidine groups is 1. The number of aliphatic imine (C=N–C) groups is 1. The average Bonchev–Trinajstić information content (AvgIpc) is 3.01. The first-order valence-electron chi connectivity index (χ1n) is 6.91. The highest BCUT2D eigenvalue weighted by atomic mass is 19.1. The Morgan fingerprint density at radius 2 is 2.26 bits per heavy atom. The summed E-state index contributed by atoms with van der Waals surface area (Å²) in [5.74, 6) is -0.346. The molecule has 1 heterocycles. The molecule has 0 bridgehead atoms. The molecule has 8 nitrogen and oxygen atoms in total. The van der Waals surface area contributed by atoms with E-state index in [4.69, 9.17) is 9.84 Å². The van der Waals surface area contributed by atoms with E-state index in [-0.39, 0.29) is 30.6 Å². The number of hydroxylamine groups is 1. The van der Waals surface area contributed by atoms with Crippen LogP contribution < -0.4 is 5.48 Å². The van der Waals surface area contributed by atoms with Gasteiger partial charge in [-0.15, -0.1) is 0 Å². The summed E-state index contributed by atoms with van der Waals surface area (Å²) in [7, 11) is 0. The van der Waals surface area contributed by atoms with Crippen LogP contribution in [0, 0.1) is 12.7 Å². The Balaban J connectivity index is 2.18. The first-order chi connectivity index (χ1) is 11.2. The fraction of sp³-hybridized carbons (Fsp3) is 0.357. The summed E-state index contributed by atoms with van der Waals surface area (Å²) in [6, 6.07) is 4.27. The van der Waals surface area contributed by atoms with Crippen molar-refractivity contribution in [3.63, 3.8) is 0 Å². The van der Waals surface area contributed by atoms with Crippen molar-refractivity contribution in [2.24, 2.45) is 4.99 Å². The second-order valence-electron chi connectivity index (χ2n) is 4.69. The third kappa shape index (κ3) is 4.55. The predicted octanol–water partition coefficient (Wildman–Crippen LogP) is 1.47. The van der Waals surface area contributed by atoms with E-state index in [9.17, 15) is 9.60 Å². The SMILES string of the molecule is Cc1cc(N=C(NO)c2nonc2COCCCO)ccc1F. The maximum absolute atomic E-state index is 13.3. The van der Waals surface area contributed by atoms with Crippen molar-refractivity contribution in [3.05, 3.63) is 41.0 Å². The number of nitrogens with zero attached hydrogens (tertiary/aromatic N) is 3. The van der Waals surface area contributed by atoms with E-state index in [1.54, 1.807) is 6.92 Å². The second-order valence-corrected chi connectivity index (χ2v) is 4.69. The molecule has 0 radical (unpaired) electrons. The smallest absolute Gasteiger partial charge is 0.182 e. The van der Waals surface area contributed by atoms with E-state index in [1.165, 1.54) is 18.2 Å². The summed E-state index contributed by atoms with van der Waals surface area (Å²) in [6.07, 6.45) is 0.495. The Bertz CT molecular complexity index is 675. The maximum atomic E-state index is 13.3. The normalized spacial score (nSPS) is 11.7. The number of halogens is 1. The predicted molar refractivity (Wildman–Crippen MR) is 77.9 cm³/mol. The van der Waals surface area contributed by atoms with E-state index in [0.717, 1.165) is 0 Å². The van der Waals surface area contributed by atoms with Gasteiger partial charge in [0, 0.05) is 13.2 Å². The summed E-state index contributed by atoms with van der Waals surface area (Å²) in [4.78, 5) is 4.16. The molecule has 23 heavy (non-hydrogen) atoms. The molecule has 0 saturated carbocycles. The van der Waals surface area contributed by atoms with Gasteiger partial charge in [-0.2, -0.15) is 0 Å². The van der Waals surface area contributed by atoms with Gasteiger partial charge in [-0.3, -0.25) is 10.7 Å². The van der Waals surface area contributed by atoms with Crippen molar-refractivity contribution in [2.75, 3.05) is 13.2 Å². The quantitative estimate of drug-likeness (QED) is 0.306. The van der Waals surface area contributed by atoms with Crippen LogP contribution in [0.25, 0.3) is 0 Å². The van der Waals surface area contributed by atoms with Gasteiger partial charge in [0.2, 0.25) is 0 Å². The lowest BCUT2D eigenvalue weighted by Crippen LogP contribution is -2.22. The van der Waals surface area contributed by atoms with E-state index in [2.05, 4.69) is 19.9 Å². The van der Waals surface area contributed by atoms with Crippen molar-refractivity contribution < 1.29 is 24.1 Å². The number of aliphatic hydroxyl groups is 1. The number of ether oxygens (including phenoxy) is 1. The fourth-order valence-electron chi connectivity index (χ4n) is 1.77. The lowest BCUT2D eigenvalue weighted by molar-refractivity contribution is 0.0993. The lowest BCUT2D eigenvalue weighted by atomic mass is 10.2. The maximum Gasteiger partial charge on any atom is 0.182 e. The van der Waals surface area contributed by atoms with Gasteiger partial charge < -0.3 is 9.84 Å². The molecule has 0 aliphatic rings. The van der Waals surface area contributed by atoms with Crippen LogP contribution in [0.15, 0.2) is 27.8 Å². The number of aromatic nitrogens is 2. The van der Waals surface area contributed by atoms with Gasteiger partial charge in [-0.25, -0.2) is 14.0 Å². The van der Waals surface area contributed by atoms with Crippen molar-refractivity contribution >= 4 is 11.5 Å². The number of hydrogen-bond donors (Lipinski definition) is 3. The summed E-state index contributed by atoms with van der Waals surface area (Å²) in [5.41, 5.74) is 3.29. The average molecular weight is 324 g/mol. The summed E-state index contributed by atoms with van der Waals surface area (Å²) < 4.78 is 23.2. The molecule has 0 unspecified atom stereocenters. The molecule has 0 aliphatic carbocycles. The summed E-state index contributed by atoms with van der Waals surface area (Å²) in [5, 5.41) is 25.3. The van der Waals surface area contributed by atoms with Crippen LogP contribution in [-0.4, -0.2) is 39.7 Å². The summed E-state index contributed by atoms with van der Waals surface area (Å²) >= 11 is 0. The Hall–Kier alpha value is -2.36. The van der Waals surface area contributed by atoms with Crippen LogP contribution in [0.5, 0.6) is 0 Å². The van der Waals surface area contributed by atoms with Crippen LogP contribution in [0.2, 0.25) is 0 Å². The molecule has 0 amide bonds. The van der Waals surface area contributed by atoms with Gasteiger partial charge in [0.15, 0.2) is 11.5 Å². The van der Waals surface area contributed by atoms with Crippen molar-refractivity contribution in [2.45, 2.75) is 20.0 Å². The second kappa shape index (κ2) is 8.32. The van der Waals surface area contributed by atoms with Gasteiger partial charge in [0.05, 0.1) is 12.3 Å². The molecule has 1 aromatic heterocycles. The van der Waals surface area contributed by atoms with Crippen molar-refractivity contribution in [1.82, 2.24) is 15.8 Å². The van der Waals surface area contributed by atoms with E-state index in [1.807, 2.05) is 5.48 Å². The van der Waals surface area contributed by atoms with E-state index in [0.29, 0.717) is 30.0 Å². The number of aliphatic hydroxyl groups excluding tert-OH is 1. The van der Waals surface area contributed by atoms with Gasteiger partial charge >= 0.3 is 0 Å². The van der Waals surface area contributed by atoms with Crippen LogP contribution in [0.1, 0.15) is 23.4 Å². The highest BCUT2D eigenvalue weighted by Gasteiger charge is 2.16. The van der Waals surface area contributed by atoms with Gasteiger partial charge in [0.1, 0.15) is 11.5 Å².